The highest BCUT2D eigenvalue weighted by Crippen LogP contribution is 2.50. The Morgan fingerprint density at radius 1 is 0.534 bits per heavy atom. The van der Waals surface area contributed by atoms with Crippen molar-refractivity contribution in [2.24, 2.45) is 0 Å². The molecule has 8 nitrogen and oxygen atoms in total. The lowest BCUT2D eigenvalue weighted by atomic mass is 9.83. The summed E-state index contributed by atoms with van der Waals surface area (Å²) in [6.45, 7) is 25.5. The van der Waals surface area contributed by atoms with Crippen LogP contribution in [0.1, 0.15) is 118 Å². The van der Waals surface area contributed by atoms with Gasteiger partial charge in [-0.2, -0.15) is 0 Å². The largest absolute Gasteiger partial charge is 0.506 e. The van der Waals surface area contributed by atoms with Crippen molar-refractivity contribution in [3.8, 4) is 11.5 Å². The fraction of sp³-hybridized carbons (Fsp3) is 0.609. The van der Waals surface area contributed by atoms with Crippen LogP contribution in [0.3, 0.4) is 0 Å². The van der Waals surface area contributed by atoms with Crippen molar-refractivity contribution >= 4 is 79.1 Å². The summed E-state index contributed by atoms with van der Waals surface area (Å²) in [5, 5.41) is 23.8. The molecule has 0 radical (unpaired) electrons. The molecule has 3 rings (SSSR count). The Kier molecular flexibility index (Phi) is 23.2. The average Bonchev–Trinajstić information content (AvgIpc) is 3.23. The minimum Gasteiger partial charge on any atom is -0.506 e. The number of allylic oxidation sites excluding steroid dienone is 2. The highest BCUT2D eigenvalue weighted by atomic mass is 32.2. The van der Waals surface area contributed by atoms with Crippen molar-refractivity contribution in [2.45, 2.75) is 107 Å². The Bertz CT molecular complexity index is 1500. The zero-order valence-corrected chi connectivity index (χ0v) is 40.0. The van der Waals surface area contributed by atoms with Crippen molar-refractivity contribution in [3.63, 3.8) is 0 Å². The normalized spacial score (nSPS) is 12.4. The summed E-state index contributed by atoms with van der Waals surface area (Å²) in [5.74, 6) is 2.70. The molecule has 0 heterocycles. The van der Waals surface area contributed by atoms with E-state index in [0.717, 1.165) is 124 Å². The molecule has 0 amide bonds. The highest BCUT2D eigenvalue weighted by molar-refractivity contribution is 8.23. The smallest absolute Gasteiger partial charge is 0.139 e. The molecular formula is C46H72N4O4S4. The molecule has 2 N–H and O–H groups in total. The zero-order chi connectivity index (χ0) is 42.5. The molecule has 2 aromatic rings. The monoisotopic (exact) mass is 872 g/mol. The molecule has 0 spiro atoms. The first-order valence-corrected chi connectivity index (χ1v) is 24.7. The number of ether oxygens (including phenoxy) is 2. The molecule has 0 unspecified atom stereocenters. The summed E-state index contributed by atoms with van der Waals surface area (Å²) in [6.07, 6.45) is 8.83. The van der Waals surface area contributed by atoms with E-state index in [-0.39, 0.29) is 11.5 Å². The van der Waals surface area contributed by atoms with E-state index in [2.05, 4.69) is 99.3 Å². The molecule has 0 aromatic heterocycles. The second kappa shape index (κ2) is 27.1. The average molecular weight is 873 g/mol. The third-order valence-electron chi connectivity index (χ3n) is 10.4. The summed E-state index contributed by atoms with van der Waals surface area (Å²) < 4.78 is 14.8. The second-order valence-electron chi connectivity index (χ2n) is 14.5. The Balaban J connectivity index is 2.02. The van der Waals surface area contributed by atoms with Crippen LogP contribution in [0.25, 0.3) is 11.1 Å². The lowest BCUT2D eigenvalue weighted by Crippen LogP contribution is -2.27. The van der Waals surface area contributed by atoms with Crippen LogP contribution in [0.2, 0.25) is 0 Å². The quantitative estimate of drug-likeness (QED) is 0.0632. The maximum Gasteiger partial charge on any atom is 0.139 e. The molecule has 0 saturated carbocycles. The van der Waals surface area contributed by atoms with E-state index in [0.29, 0.717) is 58.5 Å². The molecule has 58 heavy (non-hydrogen) atoms. The van der Waals surface area contributed by atoms with Gasteiger partial charge in [0, 0.05) is 98.5 Å². The number of nitrogens with zero attached hydrogens (tertiary/aromatic N) is 4. The number of benzene rings is 2. The van der Waals surface area contributed by atoms with E-state index < -0.39 is 0 Å². The van der Waals surface area contributed by atoms with Crippen LogP contribution in [-0.4, -0.2) is 106 Å². The Hall–Kier alpha value is -2.80. The van der Waals surface area contributed by atoms with Gasteiger partial charge >= 0.3 is 0 Å². The number of thioether (sulfide) groups is 2. The first-order valence-electron chi connectivity index (χ1n) is 21.9. The lowest BCUT2D eigenvalue weighted by Gasteiger charge is -2.30. The van der Waals surface area contributed by atoms with Crippen LogP contribution in [0.4, 0.5) is 11.4 Å². The van der Waals surface area contributed by atoms with Gasteiger partial charge in [-0.25, -0.2) is 0 Å². The standard InChI is InChI=1S/C46H72N4O4S4/c1-9-17-25-49(26-18-10-2)35-21-23-37(39(33-35)53-29-31-57-45(55)47(13-5)14-6)41-43(51)42(44(41)52)38-24-22-36(50(27-19-11-3)28-20-12-4)34-40(38)54-30-32-58-46(56)48(15-7)16-8/h21-24,33-34,51-52H,9-20,25-32H2,1-8H3. The number of hydrogen-bond acceptors (Lipinski definition) is 10. The molecule has 0 aliphatic heterocycles. The number of thiocarbonyl (C=S) groups is 2. The van der Waals surface area contributed by atoms with Gasteiger partial charge in [0.05, 0.1) is 24.4 Å². The van der Waals surface area contributed by atoms with Gasteiger partial charge in [-0.3, -0.25) is 0 Å². The third-order valence-corrected chi connectivity index (χ3v) is 13.4. The Morgan fingerprint density at radius 2 is 0.862 bits per heavy atom. The summed E-state index contributed by atoms with van der Waals surface area (Å²) in [5.41, 5.74) is 4.26. The number of anilines is 2. The molecule has 0 fully saturated rings. The lowest BCUT2D eigenvalue weighted by molar-refractivity contribution is 0.339. The molecule has 2 aromatic carbocycles. The number of unbranched alkanes of at least 4 members (excludes halogenated alkanes) is 4. The van der Waals surface area contributed by atoms with Gasteiger partial charge in [0.1, 0.15) is 31.7 Å². The molecule has 1 aliphatic carbocycles. The third kappa shape index (κ3) is 14.2. The number of aliphatic hydroxyl groups is 2. The van der Waals surface area contributed by atoms with Crippen LogP contribution >= 0.6 is 48.0 Å². The van der Waals surface area contributed by atoms with Crippen molar-refractivity contribution in [3.05, 3.63) is 59.0 Å². The minimum absolute atomic E-state index is 0.0320. The van der Waals surface area contributed by atoms with E-state index in [9.17, 15) is 10.2 Å². The predicted octanol–water partition coefficient (Wildman–Crippen LogP) is 12.2. The van der Waals surface area contributed by atoms with Crippen LogP contribution < -0.4 is 19.3 Å². The van der Waals surface area contributed by atoms with Crippen LogP contribution in [0, 0.1) is 0 Å². The molecular weight excluding hydrogens is 801 g/mol. The van der Waals surface area contributed by atoms with Gasteiger partial charge < -0.3 is 39.3 Å². The second-order valence-corrected chi connectivity index (χ2v) is 17.9. The summed E-state index contributed by atoms with van der Waals surface area (Å²) >= 11 is 14.6. The molecule has 0 saturated heterocycles. The van der Waals surface area contributed by atoms with Gasteiger partial charge in [0.25, 0.3) is 0 Å². The molecule has 0 bridgehead atoms. The molecule has 324 valence electrons. The highest BCUT2D eigenvalue weighted by Gasteiger charge is 2.35. The number of aliphatic hydroxyl groups excluding tert-OH is 2. The topological polar surface area (TPSA) is 71.9 Å². The Morgan fingerprint density at radius 3 is 1.16 bits per heavy atom. The van der Waals surface area contributed by atoms with E-state index in [4.69, 9.17) is 33.9 Å². The van der Waals surface area contributed by atoms with E-state index in [1.54, 1.807) is 23.5 Å². The fourth-order valence-corrected chi connectivity index (χ4v) is 9.41. The van der Waals surface area contributed by atoms with Crippen molar-refractivity contribution < 1.29 is 19.7 Å². The maximum absolute atomic E-state index is 11.9. The van der Waals surface area contributed by atoms with Crippen molar-refractivity contribution in [1.82, 2.24) is 9.80 Å². The zero-order valence-electron chi connectivity index (χ0n) is 36.7. The first kappa shape index (κ1) is 49.6. The molecule has 1 aliphatic rings. The van der Waals surface area contributed by atoms with Crippen LogP contribution in [-0.2, 0) is 0 Å². The van der Waals surface area contributed by atoms with Crippen LogP contribution in [0.15, 0.2) is 47.9 Å². The minimum atomic E-state index is 0.0320. The maximum atomic E-state index is 11.9. The summed E-state index contributed by atoms with van der Waals surface area (Å²) in [4.78, 5) is 9.19. The summed E-state index contributed by atoms with van der Waals surface area (Å²) in [6, 6.07) is 12.3. The number of rotatable bonds is 28. The summed E-state index contributed by atoms with van der Waals surface area (Å²) in [7, 11) is 0. The van der Waals surface area contributed by atoms with Gasteiger partial charge in [-0.05, 0) is 77.6 Å². The van der Waals surface area contributed by atoms with Gasteiger partial charge in [0.15, 0.2) is 0 Å². The van der Waals surface area contributed by atoms with E-state index in [1.807, 2.05) is 12.1 Å². The van der Waals surface area contributed by atoms with E-state index in [1.165, 1.54) is 0 Å². The van der Waals surface area contributed by atoms with E-state index >= 15 is 0 Å². The SMILES string of the molecule is CCCCN(CCCC)c1ccc(C2=C(O)C(c3ccc(N(CCCC)CCCC)cc3OCCSC(=S)N(CC)CC)=C2O)c(OCCSC(=S)N(CC)CC)c1. The van der Waals surface area contributed by atoms with Gasteiger partial charge in [-0.15, -0.1) is 0 Å². The van der Waals surface area contributed by atoms with Crippen LogP contribution in [0.5, 0.6) is 11.5 Å². The van der Waals surface area contributed by atoms with Gasteiger partial charge in [-0.1, -0.05) is 101 Å². The van der Waals surface area contributed by atoms with Crippen molar-refractivity contribution in [2.75, 3.05) is 86.9 Å². The predicted molar refractivity (Wildman–Crippen MR) is 263 cm³/mol. The first-order chi connectivity index (χ1) is 28.1. The number of hydrogen-bond donors (Lipinski definition) is 2. The van der Waals surface area contributed by atoms with Crippen molar-refractivity contribution in [1.29, 1.82) is 0 Å². The Labute approximate surface area is 370 Å². The fourth-order valence-electron chi connectivity index (χ4n) is 6.83. The molecule has 12 heteroatoms. The van der Waals surface area contributed by atoms with Gasteiger partial charge in [0.2, 0.25) is 0 Å². The molecule has 0 atom stereocenters.